The first kappa shape index (κ1) is 16.8. The number of fused-ring (bicyclic) bond motifs is 1. The Bertz CT molecular complexity index is 664. The normalized spacial score (nSPS) is 22.8. The number of aryl methyl sites for hydroxylation is 2. The summed E-state index contributed by atoms with van der Waals surface area (Å²) in [7, 11) is 0. The Morgan fingerprint density at radius 1 is 1.25 bits per heavy atom. The summed E-state index contributed by atoms with van der Waals surface area (Å²) in [5.74, 6) is -0.695. The third-order valence-corrected chi connectivity index (χ3v) is 5.65. The van der Waals surface area contributed by atoms with E-state index in [1.807, 2.05) is 26.0 Å². The van der Waals surface area contributed by atoms with Gasteiger partial charge in [-0.15, -0.1) is 11.3 Å². The van der Waals surface area contributed by atoms with Crippen molar-refractivity contribution >= 4 is 34.2 Å². The molecule has 0 saturated carbocycles. The Morgan fingerprint density at radius 2 is 1.88 bits per heavy atom. The van der Waals surface area contributed by atoms with Crippen LogP contribution in [0, 0.1) is 25.7 Å². The first-order valence-electron chi connectivity index (χ1n) is 8.21. The minimum absolute atomic E-state index is 0.0825. The largest absolute Gasteiger partial charge is 0.302 e. The third-order valence-electron chi connectivity index (χ3n) is 4.66. The van der Waals surface area contributed by atoms with Crippen LogP contribution in [0.15, 0.2) is 12.2 Å². The number of likely N-dealkylation sites (tertiary alicyclic amines) is 1. The van der Waals surface area contributed by atoms with E-state index in [1.165, 1.54) is 16.2 Å². The standard InChI is InChI=1S/C17H21N3O3S/c1-10-11(2)24-17(18-10)19-14(21)8-5-9-20-15(22)12-6-3-4-7-13(12)16(20)23/h3-4,12-13H,5-9H2,1-2H3,(H,18,19,21)/t12-,13-/m0/s1. The molecule has 1 aromatic rings. The van der Waals surface area contributed by atoms with E-state index in [4.69, 9.17) is 0 Å². The first-order valence-corrected chi connectivity index (χ1v) is 9.03. The van der Waals surface area contributed by atoms with Gasteiger partial charge >= 0.3 is 0 Å². The number of aromatic nitrogens is 1. The molecule has 0 aromatic carbocycles. The van der Waals surface area contributed by atoms with Crippen molar-refractivity contribution in [1.82, 2.24) is 9.88 Å². The molecule has 1 aliphatic heterocycles. The van der Waals surface area contributed by atoms with E-state index in [-0.39, 0.29) is 36.0 Å². The number of thiazole rings is 1. The fourth-order valence-corrected chi connectivity index (χ4v) is 4.03. The molecule has 3 amide bonds. The van der Waals surface area contributed by atoms with Gasteiger partial charge in [-0.3, -0.25) is 19.3 Å². The van der Waals surface area contributed by atoms with Crippen molar-refractivity contribution in [3.05, 3.63) is 22.7 Å². The molecule has 2 aliphatic rings. The number of nitrogens with zero attached hydrogens (tertiary/aromatic N) is 2. The summed E-state index contributed by atoms with van der Waals surface area (Å²) in [6.45, 7) is 4.18. The summed E-state index contributed by atoms with van der Waals surface area (Å²) < 4.78 is 0. The van der Waals surface area contributed by atoms with Gasteiger partial charge in [0.25, 0.3) is 0 Å². The van der Waals surface area contributed by atoms with Crippen LogP contribution in [0.4, 0.5) is 5.13 Å². The smallest absolute Gasteiger partial charge is 0.233 e. The Labute approximate surface area is 144 Å². The van der Waals surface area contributed by atoms with Crippen molar-refractivity contribution in [3.8, 4) is 0 Å². The molecule has 1 aromatic heterocycles. The van der Waals surface area contributed by atoms with E-state index >= 15 is 0 Å². The van der Waals surface area contributed by atoms with Gasteiger partial charge < -0.3 is 5.32 Å². The average molecular weight is 347 g/mol. The molecule has 1 fully saturated rings. The molecule has 2 heterocycles. The lowest BCUT2D eigenvalue weighted by Gasteiger charge is -2.14. The first-order chi connectivity index (χ1) is 11.5. The molecular weight excluding hydrogens is 326 g/mol. The monoisotopic (exact) mass is 347 g/mol. The SMILES string of the molecule is Cc1nc(NC(=O)CCCN2C(=O)[C@H]3CC=CC[C@@H]3C2=O)sc1C. The van der Waals surface area contributed by atoms with Crippen LogP contribution in [0.1, 0.15) is 36.3 Å². The van der Waals surface area contributed by atoms with E-state index in [0.717, 1.165) is 10.6 Å². The highest BCUT2D eigenvalue weighted by Gasteiger charge is 2.46. The van der Waals surface area contributed by atoms with Gasteiger partial charge in [-0.2, -0.15) is 0 Å². The number of nitrogens with one attached hydrogen (secondary N) is 1. The molecule has 6 nitrogen and oxygen atoms in total. The number of imide groups is 1. The molecule has 0 unspecified atom stereocenters. The van der Waals surface area contributed by atoms with Crippen molar-refractivity contribution < 1.29 is 14.4 Å². The lowest BCUT2D eigenvalue weighted by Crippen LogP contribution is -2.32. The summed E-state index contributed by atoms with van der Waals surface area (Å²) in [6, 6.07) is 0. The zero-order valence-corrected chi connectivity index (χ0v) is 14.7. The maximum Gasteiger partial charge on any atom is 0.233 e. The maximum atomic E-state index is 12.3. The van der Waals surface area contributed by atoms with Crippen LogP contribution >= 0.6 is 11.3 Å². The van der Waals surface area contributed by atoms with Crippen molar-refractivity contribution in [2.45, 2.75) is 39.5 Å². The number of amides is 3. The fourth-order valence-electron chi connectivity index (χ4n) is 3.20. The van der Waals surface area contributed by atoms with E-state index in [9.17, 15) is 14.4 Å². The van der Waals surface area contributed by atoms with Gasteiger partial charge in [-0.25, -0.2) is 4.98 Å². The second-order valence-electron chi connectivity index (χ2n) is 6.30. The Hall–Kier alpha value is -2.02. The number of rotatable bonds is 5. The fraction of sp³-hybridized carbons (Fsp3) is 0.529. The summed E-state index contributed by atoms with van der Waals surface area (Å²) in [6.07, 6.45) is 5.98. The predicted molar refractivity (Wildman–Crippen MR) is 91.5 cm³/mol. The molecule has 128 valence electrons. The van der Waals surface area contributed by atoms with Crippen LogP contribution in [-0.4, -0.2) is 34.2 Å². The Morgan fingerprint density at radius 3 is 2.42 bits per heavy atom. The van der Waals surface area contributed by atoms with Crippen LogP contribution in [-0.2, 0) is 14.4 Å². The number of carbonyl (C=O) groups excluding carboxylic acids is 3. The summed E-state index contributed by atoms with van der Waals surface area (Å²) in [5, 5.41) is 3.37. The van der Waals surface area contributed by atoms with Crippen LogP contribution in [0.2, 0.25) is 0 Å². The van der Waals surface area contributed by atoms with Gasteiger partial charge in [0.15, 0.2) is 5.13 Å². The van der Waals surface area contributed by atoms with Crippen molar-refractivity contribution in [3.63, 3.8) is 0 Å². The lowest BCUT2D eigenvalue weighted by atomic mass is 9.85. The summed E-state index contributed by atoms with van der Waals surface area (Å²) >= 11 is 1.45. The molecule has 1 aliphatic carbocycles. The van der Waals surface area contributed by atoms with Crippen LogP contribution < -0.4 is 5.32 Å². The minimum Gasteiger partial charge on any atom is -0.302 e. The zero-order chi connectivity index (χ0) is 17.3. The molecule has 0 radical (unpaired) electrons. The second kappa shape index (κ2) is 6.84. The number of hydrogen-bond acceptors (Lipinski definition) is 5. The molecule has 3 rings (SSSR count). The second-order valence-corrected chi connectivity index (χ2v) is 7.50. The lowest BCUT2D eigenvalue weighted by molar-refractivity contribution is -0.140. The van der Waals surface area contributed by atoms with Crippen molar-refractivity contribution in [1.29, 1.82) is 0 Å². The number of allylic oxidation sites excluding steroid dienone is 2. The topological polar surface area (TPSA) is 79.4 Å². The van der Waals surface area contributed by atoms with Gasteiger partial charge in [0.05, 0.1) is 17.5 Å². The van der Waals surface area contributed by atoms with Crippen LogP contribution in [0.3, 0.4) is 0 Å². The molecule has 2 atom stereocenters. The molecule has 0 bridgehead atoms. The Balaban J connectivity index is 1.48. The summed E-state index contributed by atoms with van der Waals surface area (Å²) in [4.78, 5) is 43.3. The highest BCUT2D eigenvalue weighted by Crippen LogP contribution is 2.35. The molecule has 24 heavy (non-hydrogen) atoms. The highest BCUT2D eigenvalue weighted by molar-refractivity contribution is 7.15. The average Bonchev–Trinajstić information content (AvgIpc) is 2.99. The zero-order valence-electron chi connectivity index (χ0n) is 13.9. The molecule has 1 N–H and O–H groups in total. The van der Waals surface area contributed by atoms with Crippen LogP contribution in [0.5, 0.6) is 0 Å². The van der Waals surface area contributed by atoms with Gasteiger partial charge in [0.2, 0.25) is 17.7 Å². The predicted octanol–water partition coefficient (Wildman–Crippen LogP) is 2.43. The molecule has 1 saturated heterocycles. The third kappa shape index (κ3) is 3.26. The number of hydrogen-bond donors (Lipinski definition) is 1. The van der Waals surface area contributed by atoms with E-state index in [2.05, 4.69) is 10.3 Å². The van der Waals surface area contributed by atoms with Crippen LogP contribution in [0.25, 0.3) is 0 Å². The molecular formula is C17H21N3O3S. The van der Waals surface area contributed by atoms with E-state index in [1.54, 1.807) is 0 Å². The number of carbonyl (C=O) groups is 3. The van der Waals surface area contributed by atoms with Gasteiger partial charge in [0.1, 0.15) is 0 Å². The Kier molecular flexibility index (Phi) is 4.80. The molecule has 0 spiro atoms. The quantitative estimate of drug-likeness (QED) is 0.655. The van der Waals surface area contributed by atoms with E-state index < -0.39 is 0 Å². The van der Waals surface area contributed by atoms with Gasteiger partial charge in [-0.1, -0.05) is 12.2 Å². The van der Waals surface area contributed by atoms with Gasteiger partial charge in [-0.05, 0) is 33.1 Å². The molecule has 7 heteroatoms. The summed E-state index contributed by atoms with van der Waals surface area (Å²) in [5.41, 5.74) is 0.916. The highest BCUT2D eigenvalue weighted by atomic mass is 32.1. The van der Waals surface area contributed by atoms with Crippen molar-refractivity contribution in [2.75, 3.05) is 11.9 Å². The van der Waals surface area contributed by atoms with E-state index in [0.29, 0.717) is 30.9 Å². The number of anilines is 1. The maximum absolute atomic E-state index is 12.3. The minimum atomic E-state index is -0.197. The van der Waals surface area contributed by atoms with Crippen molar-refractivity contribution in [2.24, 2.45) is 11.8 Å². The van der Waals surface area contributed by atoms with Gasteiger partial charge in [0, 0.05) is 17.8 Å².